The minimum absolute atomic E-state index is 0.612. The van der Waals surface area contributed by atoms with Crippen molar-refractivity contribution in [3.8, 4) is 67.5 Å². The van der Waals surface area contributed by atoms with Gasteiger partial charge in [0.2, 0.25) is 0 Å². The van der Waals surface area contributed by atoms with Gasteiger partial charge in [0, 0.05) is 33.0 Å². The molecule has 0 bridgehead atoms. The van der Waals surface area contributed by atoms with Crippen LogP contribution in [0.2, 0.25) is 13.1 Å². The number of furan rings is 1. The lowest BCUT2D eigenvalue weighted by Crippen LogP contribution is -2.50. The third-order valence-corrected chi connectivity index (χ3v) is 14.1. The minimum Gasteiger partial charge on any atom is -0.455 e. The van der Waals surface area contributed by atoms with E-state index < -0.39 is 8.07 Å². The number of aromatic nitrogens is 3. The maximum atomic E-state index is 6.61. The molecule has 0 aliphatic carbocycles. The summed E-state index contributed by atoms with van der Waals surface area (Å²) in [4.78, 5) is 15.3. The summed E-state index contributed by atoms with van der Waals surface area (Å²) in [5, 5.41) is 5.05. The first-order valence-electron chi connectivity index (χ1n) is 17.7. The normalized spacial score (nSPS) is 13.0. The van der Waals surface area contributed by atoms with Crippen molar-refractivity contribution in [3.05, 3.63) is 164 Å². The predicted octanol–water partition coefficient (Wildman–Crippen LogP) is 10.9. The first-order valence-corrected chi connectivity index (χ1v) is 20.7. The predicted molar refractivity (Wildman–Crippen MR) is 216 cm³/mol. The number of rotatable bonds is 5. The number of para-hydroxylation sites is 1. The van der Waals surface area contributed by atoms with E-state index >= 15 is 0 Å². The Kier molecular flexibility index (Phi) is 6.91. The Morgan fingerprint density at radius 3 is 1.63 bits per heavy atom. The average Bonchev–Trinajstić information content (AvgIpc) is 3.70. The van der Waals surface area contributed by atoms with Crippen molar-refractivity contribution >= 4 is 40.4 Å². The Morgan fingerprint density at radius 2 is 0.942 bits per heavy atom. The molecule has 2 aromatic heterocycles. The van der Waals surface area contributed by atoms with Crippen LogP contribution < -0.4 is 10.4 Å². The molecule has 0 unspecified atom stereocenters. The SMILES string of the molecule is C[Si]1(C)c2cc(-c3nc(-c4ccccc4)nc(-c4ccc5c(c4)oc4c(-c6ccccc6)cccc45)n3)ccc2-c2cccc(-c3ccccc3)c21. The van der Waals surface area contributed by atoms with Crippen LogP contribution in [0, 0.1) is 0 Å². The van der Waals surface area contributed by atoms with Gasteiger partial charge in [-0.25, -0.2) is 15.0 Å². The van der Waals surface area contributed by atoms with Crippen LogP contribution in [0.3, 0.4) is 0 Å². The van der Waals surface area contributed by atoms with Crippen LogP contribution in [0.1, 0.15) is 0 Å². The lowest BCUT2D eigenvalue weighted by atomic mass is 9.98. The molecule has 0 N–H and O–H groups in total. The second-order valence-corrected chi connectivity index (χ2v) is 18.3. The zero-order valence-electron chi connectivity index (χ0n) is 28.8. The van der Waals surface area contributed by atoms with Gasteiger partial charge in [0.25, 0.3) is 0 Å². The molecule has 0 saturated heterocycles. The van der Waals surface area contributed by atoms with E-state index in [0.29, 0.717) is 17.5 Å². The first kappa shape index (κ1) is 30.4. The maximum absolute atomic E-state index is 6.61. The smallest absolute Gasteiger partial charge is 0.164 e. The number of benzene rings is 7. The van der Waals surface area contributed by atoms with Gasteiger partial charge in [0.15, 0.2) is 17.5 Å². The number of hydrogen-bond donors (Lipinski definition) is 0. The Balaban J connectivity index is 1.11. The third kappa shape index (κ3) is 4.85. The highest BCUT2D eigenvalue weighted by Crippen LogP contribution is 2.38. The monoisotopic (exact) mass is 683 g/mol. The third-order valence-electron chi connectivity index (χ3n) is 10.5. The molecule has 0 radical (unpaired) electrons. The topological polar surface area (TPSA) is 51.8 Å². The van der Waals surface area contributed by atoms with Crippen LogP contribution in [0.5, 0.6) is 0 Å². The van der Waals surface area contributed by atoms with E-state index in [2.05, 4.69) is 153 Å². The van der Waals surface area contributed by atoms with E-state index in [-0.39, 0.29) is 0 Å². The molecule has 9 aromatic rings. The second kappa shape index (κ2) is 11.8. The van der Waals surface area contributed by atoms with Crippen LogP contribution in [0.15, 0.2) is 168 Å². The average molecular weight is 684 g/mol. The van der Waals surface area contributed by atoms with Gasteiger partial charge in [-0.05, 0) is 50.3 Å². The molecule has 1 aliphatic rings. The highest BCUT2D eigenvalue weighted by molar-refractivity contribution is 7.04. The van der Waals surface area contributed by atoms with Crippen molar-refractivity contribution in [2.24, 2.45) is 0 Å². The van der Waals surface area contributed by atoms with Crippen LogP contribution in [0.25, 0.3) is 89.5 Å². The zero-order chi connectivity index (χ0) is 34.8. The largest absolute Gasteiger partial charge is 0.455 e. The van der Waals surface area contributed by atoms with Gasteiger partial charge >= 0.3 is 0 Å². The number of hydrogen-bond acceptors (Lipinski definition) is 4. The van der Waals surface area contributed by atoms with Crippen molar-refractivity contribution in [2.45, 2.75) is 13.1 Å². The standard InChI is InChI=1S/C47H33N3OSi/c1-52(2)42-29-34(25-27-38(42)40-23-13-21-36(44(40)52)31-16-8-4-9-17-31)47-49-45(32-18-10-5-11-19-32)48-46(50-47)33-24-26-37-39-22-12-20-35(30-14-6-3-7-15-30)43(39)51-41(37)28-33/h3-29H,1-2H3. The van der Waals surface area contributed by atoms with Gasteiger partial charge < -0.3 is 4.42 Å². The molecule has 0 fully saturated rings. The summed E-state index contributed by atoms with van der Waals surface area (Å²) in [5.74, 6) is 1.91. The molecule has 4 nitrogen and oxygen atoms in total. The molecule has 1 aliphatic heterocycles. The van der Waals surface area contributed by atoms with E-state index in [4.69, 9.17) is 19.4 Å². The Bertz CT molecular complexity index is 2810. The van der Waals surface area contributed by atoms with Crippen molar-refractivity contribution < 1.29 is 4.42 Å². The van der Waals surface area contributed by atoms with Crippen LogP contribution >= 0.6 is 0 Å². The zero-order valence-corrected chi connectivity index (χ0v) is 29.8. The van der Waals surface area contributed by atoms with Gasteiger partial charge in [0.05, 0.1) is 0 Å². The fourth-order valence-corrected chi connectivity index (χ4v) is 11.5. The van der Waals surface area contributed by atoms with Gasteiger partial charge in [-0.15, -0.1) is 0 Å². The van der Waals surface area contributed by atoms with E-state index in [1.165, 1.54) is 32.6 Å². The molecular formula is C47H33N3OSi. The van der Waals surface area contributed by atoms with Crippen molar-refractivity contribution in [1.29, 1.82) is 0 Å². The number of nitrogens with zero attached hydrogens (tertiary/aromatic N) is 3. The quantitative estimate of drug-likeness (QED) is 0.169. The molecule has 0 spiro atoms. The summed E-state index contributed by atoms with van der Waals surface area (Å²) in [7, 11) is -2.09. The molecule has 3 heterocycles. The molecule has 5 heteroatoms. The summed E-state index contributed by atoms with van der Waals surface area (Å²) < 4.78 is 6.61. The molecule has 7 aromatic carbocycles. The van der Waals surface area contributed by atoms with Gasteiger partial charge in [-0.2, -0.15) is 0 Å². The highest BCUT2D eigenvalue weighted by atomic mass is 28.3. The molecule has 52 heavy (non-hydrogen) atoms. The molecule has 0 amide bonds. The lowest BCUT2D eigenvalue weighted by molar-refractivity contribution is 0.670. The fraction of sp³-hybridized carbons (Fsp3) is 0.0426. The Hall–Kier alpha value is -6.43. The van der Waals surface area contributed by atoms with Gasteiger partial charge in [0.1, 0.15) is 19.2 Å². The first-order chi connectivity index (χ1) is 25.5. The van der Waals surface area contributed by atoms with Crippen molar-refractivity contribution in [3.63, 3.8) is 0 Å². The molecule has 10 rings (SSSR count). The van der Waals surface area contributed by atoms with Crippen molar-refractivity contribution in [1.82, 2.24) is 15.0 Å². The maximum Gasteiger partial charge on any atom is 0.164 e. The van der Waals surface area contributed by atoms with Crippen LogP contribution in [-0.4, -0.2) is 23.0 Å². The summed E-state index contributed by atoms with van der Waals surface area (Å²) in [6.45, 7) is 4.93. The summed E-state index contributed by atoms with van der Waals surface area (Å²) in [5.41, 5.74) is 12.0. The lowest BCUT2D eigenvalue weighted by Gasteiger charge is -2.22. The van der Waals surface area contributed by atoms with Gasteiger partial charge in [-0.3, -0.25) is 0 Å². The molecule has 0 atom stereocenters. The second-order valence-electron chi connectivity index (χ2n) is 14.0. The summed E-state index contributed by atoms with van der Waals surface area (Å²) in [6.07, 6.45) is 0. The highest BCUT2D eigenvalue weighted by Gasteiger charge is 2.39. The summed E-state index contributed by atoms with van der Waals surface area (Å²) in [6, 6.07) is 57.5. The molecule has 0 saturated carbocycles. The van der Waals surface area contributed by atoms with Crippen LogP contribution in [0.4, 0.5) is 0 Å². The molecular weight excluding hydrogens is 651 g/mol. The number of fused-ring (bicyclic) bond motifs is 6. The summed E-state index contributed by atoms with van der Waals surface area (Å²) >= 11 is 0. The Labute approximate surface area is 303 Å². The minimum atomic E-state index is -2.09. The Morgan fingerprint density at radius 1 is 0.404 bits per heavy atom. The van der Waals surface area contributed by atoms with Crippen LogP contribution in [-0.2, 0) is 0 Å². The van der Waals surface area contributed by atoms with E-state index in [1.54, 1.807) is 0 Å². The van der Waals surface area contributed by atoms with Crippen molar-refractivity contribution in [2.75, 3.05) is 0 Å². The van der Waals surface area contributed by atoms with E-state index in [1.807, 2.05) is 24.3 Å². The van der Waals surface area contributed by atoms with E-state index in [0.717, 1.165) is 49.8 Å². The van der Waals surface area contributed by atoms with E-state index in [9.17, 15) is 0 Å². The fourth-order valence-electron chi connectivity index (χ4n) is 8.01. The van der Waals surface area contributed by atoms with Gasteiger partial charge in [-0.1, -0.05) is 165 Å². The molecule has 246 valence electrons.